The Kier molecular flexibility index (Phi) is 7.70. The van der Waals surface area contributed by atoms with Gasteiger partial charge in [0, 0.05) is 35.4 Å². The number of nitrogens with zero attached hydrogens (tertiary/aromatic N) is 2. The van der Waals surface area contributed by atoms with Crippen LogP contribution in [0.5, 0.6) is 0 Å². The number of carbonyl (C=O) groups is 1. The average molecular weight is 566 g/mol. The van der Waals surface area contributed by atoms with Gasteiger partial charge in [0.2, 0.25) is 5.91 Å². The van der Waals surface area contributed by atoms with Gasteiger partial charge in [-0.2, -0.15) is 0 Å². The smallest absolute Gasteiger partial charge is 0.226 e. The minimum Gasteiger partial charge on any atom is -0.459 e. The Bertz CT molecular complexity index is 1490. The molecular weight excluding hydrogens is 539 g/mol. The first-order chi connectivity index (χ1) is 18.3. The second-order valence-electron chi connectivity index (χ2n) is 9.26. The molecule has 2 atom stereocenters. The van der Waals surface area contributed by atoms with Crippen molar-refractivity contribution in [2.75, 3.05) is 11.9 Å². The molecule has 0 radical (unpaired) electrons. The van der Waals surface area contributed by atoms with E-state index in [0.29, 0.717) is 33.2 Å². The number of aromatic nitrogens is 1. The number of aryl methyl sites for hydroxylation is 2. The van der Waals surface area contributed by atoms with Gasteiger partial charge in [0.25, 0.3) is 0 Å². The number of furan rings is 1. The number of pyridine rings is 1. The maximum atomic E-state index is 12.9. The fraction of sp³-hybridized carbons (Fsp3) is 0.207. The second-order valence-corrected chi connectivity index (χ2v) is 10.5. The van der Waals surface area contributed by atoms with E-state index in [4.69, 9.17) is 39.8 Å². The summed E-state index contributed by atoms with van der Waals surface area (Å²) >= 11 is 18.2. The number of carbonyl (C=O) groups excluding carboxylic acids is 1. The molecule has 194 valence electrons. The highest BCUT2D eigenvalue weighted by Crippen LogP contribution is 2.41. The molecule has 0 spiro atoms. The van der Waals surface area contributed by atoms with Crippen molar-refractivity contribution in [2.24, 2.45) is 0 Å². The van der Waals surface area contributed by atoms with E-state index in [2.05, 4.69) is 15.6 Å². The van der Waals surface area contributed by atoms with Crippen molar-refractivity contribution in [3.05, 3.63) is 106 Å². The first kappa shape index (κ1) is 26.2. The van der Waals surface area contributed by atoms with E-state index in [1.54, 1.807) is 18.3 Å². The zero-order chi connectivity index (χ0) is 26.8. The van der Waals surface area contributed by atoms with Gasteiger partial charge in [-0.15, -0.1) is 0 Å². The van der Waals surface area contributed by atoms with E-state index >= 15 is 0 Å². The molecule has 5 rings (SSSR count). The Morgan fingerprint density at radius 2 is 1.95 bits per heavy atom. The SMILES string of the molecule is Cc1ccc(C)c(NC(=O)CCN2C(=S)N[C@@H](c3ccccn3)[C@H]2c2ccc(-c3ccc(Cl)cc3Cl)o2)c1. The van der Waals surface area contributed by atoms with Gasteiger partial charge in [-0.3, -0.25) is 9.78 Å². The van der Waals surface area contributed by atoms with E-state index in [9.17, 15) is 4.79 Å². The zero-order valence-electron chi connectivity index (χ0n) is 20.9. The highest BCUT2D eigenvalue weighted by molar-refractivity contribution is 7.80. The summed E-state index contributed by atoms with van der Waals surface area (Å²) < 4.78 is 6.34. The van der Waals surface area contributed by atoms with Crippen LogP contribution in [0, 0.1) is 13.8 Å². The van der Waals surface area contributed by atoms with Gasteiger partial charge in [0.05, 0.1) is 16.8 Å². The van der Waals surface area contributed by atoms with Crippen LogP contribution in [0.2, 0.25) is 10.0 Å². The van der Waals surface area contributed by atoms with Crippen LogP contribution in [0.15, 0.2) is 77.3 Å². The summed E-state index contributed by atoms with van der Waals surface area (Å²) in [5.41, 5.74) is 4.48. The molecule has 2 aromatic carbocycles. The third kappa shape index (κ3) is 5.55. The molecule has 9 heteroatoms. The molecule has 0 bridgehead atoms. The van der Waals surface area contributed by atoms with E-state index < -0.39 is 0 Å². The quantitative estimate of drug-likeness (QED) is 0.230. The standard InChI is InChI=1S/C29H26Cl2N4O2S/c1-17-6-7-18(2)23(15-17)33-26(36)12-14-35-28(27(34-29(35)38)22-5-3-4-13-32-22)25-11-10-24(37-25)20-9-8-19(30)16-21(20)31/h3-11,13,15-16,27-28H,12,14H2,1-2H3,(H,33,36)(H,34,38)/t27-,28+/m0/s1. The van der Waals surface area contributed by atoms with Crippen LogP contribution in [-0.2, 0) is 4.79 Å². The predicted octanol–water partition coefficient (Wildman–Crippen LogP) is 7.27. The van der Waals surface area contributed by atoms with E-state index in [1.807, 2.05) is 73.3 Å². The lowest BCUT2D eigenvalue weighted by molar-refractivity contribution is -0.116. The zero-order valence-corrected chi connectivity index (χ0v) is 23.2. The lowest BCUT2D eigenvalue weighted by Crippen LogP contribution is -2.32. The number of halogens is 2. The Morgan fingerprint density at radius 1 is 1.11 bits per heavy atom. The second kappa shape index (κ2) is 11.2. The first-order valence-electron chi connectivity index (χ1n) is 12.2. The maximum absolute atomic E-state index is 12.9. The number of thiocarbonyl (C=S) groups is 1. The number of rotatable bonds is 7. The van der Waals surface area contributed by atoms with Gasteiger partial charge >= 0.3 is 0 Å². The molecule has 2 N–H and O–H groups in total. The molecule has 2 aromatic heterocycles. The average Bonchev–Trinajstić information content (AvgIpc) is 3.50. The lowest BCUT2D eigenvalue weighted by Gasteiger charge is -2.26. The highest BCUT2D eigenvalue weighted by atomic mass is 35.5. The molecule has 4 aromatic rings. The lowest BCUT2D eigenvalue weighted by atomic mass is 10.0. The maximum Gasteiger partial charge on any atom is 0.226 e. The summed E-state index contributed by atoms with van der Waals surface area (Å²) in [5.74, 6) is 1.21. The molecular formula is C29H26Cl2N4O2S. The highest BCUT2D eigenvalue weighted by Gasteiger charge is 2.41. The van der Waals surface area contributed by atoms with E-state index in [-0.39, 0.29) is 24.4 Å². The molecule has 0 aliphatic carbocycles. The van der Waals surface area contributed by atoms with Crippen LogP contribution in [0.4, 0.5) is 5.69 Å². The summed E-state index contributed by atoms with van der Waals surface area (Å²) in [7, 11) is 0. The molecule has 38 heavy (non-hydrogen) atoms. The van der Waals surface area contributed by atoms with E-state index in [1.165, 1.54) is 0 Å². The fourth-order valence-electron chi connectivity index (χ4n) is 4.61. The van der Waals surface area contributed by atoms with Crippen LogP contribution in [-0.4, -0.2) is 27.4 Å². The first-order valence-corrected chi connectivity index (χ1v) is 13.4. The van der Waals surface area contributed by atoms with Gasteiger partial charge in [0.15, 0.2) is 5.11 Å². The molecule has 1 saturated heterocycles. The van der Waals surface area contributed by atoms with Gasteiger partial charge in [-0.05, 0) is 85.7 Å². The summed E-state index contributed by atoms with van der Waals surface area (Å²) in [6.45, 7) is 4.37. The molecule has 1 fully saturated rings. The van der Waals surface area contributed by atoms with Crippen LogP contribution >= 0.6 is 35.4 Å². The third-order valence-corrected chi connectivity index (χ3v) is 7.46. The molecule has 3 heterocycles. The number of anilines is 1. The number of nitrogens with one attached hydrogen (secondary N) is 2. The van der Waals surface area contributed by atoms with Crippen LogP contribution in [0.3, 0.4) is 0 Å². The van der Waals surface area contributed by atoms with Crippen molar-refractivity contribution in [1.82, 2.24) is 15.2 Å². The Morgan fingerprint density at radius 3 is 2.71 bits per heavy atom. The normalized spacial score (nSPS) is 16.9. The fourth-order valence-corrected chi connectivity index (χ4v) is 5.44. The van der Waals surface area contributed by atoms with Gasteiger partial charge in [-0.1, -0.05) is 41.4 Å². The number of benzene rings is 2. The molecule has 6 nitrogen and oxygen atoms in total. The Hall–Kier alpha value is -3.39. The van der Waals surface area contributed by atoms with Gasteiger partial charge < -0.3 is 20.0 Å². The van der Waals surface area contributed by atoms with Gasteiger partial charge in [0.1, 0.15) is 17.6 Å². The Balaban J connectivity index is 1.41. The van der Waals surface area contributed by atoms with Gasteiger partial charge in [-0.25, -0.2) is 0 Å². The molecule has 0 saturated carbocycles. The summed E-state index contributed by atoms with van der Waals surface area (Å²) in [5, 5.41) is 8.01. The molecule has 1 amide bonds. The summed E-state index contributed by atoms with van der Waals surface area (Å²) in [6.07, 6.45) is 2.00. The Labute approximate surface area is 237 Å². The third-order valence-electron chi connectivity index (χ3n) is 6.56. The predicted molar refractivity (Wildman–Crippen MR) is 155 cm³/mol. The van der Waals surface area contributed by atoms with Crippen molar-refractivity contribution >= 4 is 52.1 Å². The summed E-state index contributed by atoms with van der Waals surface area (Å²) in [4.78, 5) is 19.5. The molecule has 1 aliphatic rings. The van der Waals surface area contributed by atoms with Crippen LogP contribution < -0.4 is 10.6 Å². The number of hydrogen-bond acceptors (Lipinski definition) is 4. The number of amides is 1. The monoisotopic (exact) mass is 564 g/mol. The van der Waals surface area contributed by atoms with E-state index in [0.717, 1.165) is 28.1 Å². The molecule has 0 unspecified atom stereocenters. The topological polar surface area (TPSA) is 70.4 Å². The minimum atomic E-state index is -0.314. The van der Waals surface area contributed by atoms with Crippen molar-refractivity contribution in [3.8, 4) is 11.3 Å². The van der Waals surface area contributed by atoms with Crippen molar-refractivity contribution < 1.29 is 9.21 Å². The van der Waals surface area contributed by atoms with Crippen LogP contribution in [0.25, 0.3) is 11.3 Å². The van der Waals surface area contributed by atoms with Crippen molar-refractivity contribution in [2.45, 2.75) is 32.4 Å². The summed E-state index contributed by atoms with van der Waals surface area (Å²) in [6, 6.07) is 20.3. The number of hydrogen-bond donors (Lipinski definition) is 2. The largest absolute Gasteiger partial charge is 0.459 e. The van der Waals surface area contributed by atoms with Crippen molar-refractivity contribution in [3.63, 3.8) is 0 Å². The van der Waals surface area contributed by atoms with Crippen LogP contribution in [0.1, 0.15) is 41.1 Å². The molecule has 1 aliphatic heterocycles. The van der Waals surface area contributed by atoms with Crippen molar-refractivity contribution in [1.29, 1.82) is 0 Å². The minimum absolute atomic E-state index is 0.0883.